The van der Waals surface area contributed by atoms with Crippen molar-refractivity contribution in [2.45, 2.75) is 33.1 Å². The molecule has 0 aliphatic rings. The predicted octanol–water partition coefficient (Wildman–Crippen LogP) is 6.70. The second-order valence-corrected chi connectivity index (χ2v) is 6.80. The molecule has 0 saturated heterocycles. The standard InChI is InChI=1S/C22H23ClN2/c1-4-16(2)18-8-10-19(11-9-18)24-15-21-6-5-13-25(21)20-12-7-17(3)22(23)14-20/h5-16H,4H2,1-3H3/t16-/m1/s1. The van der Waals surface area contributed by atoms with E-state index in [0.717, 1.165) is 34.1 Å². The first kappa shape index (κ1) is 17.5. The molecule has 0 saturated carbocycles. The summed E-state index contributed by atoms with van der Waals surface area (Å²) < 4.78 is 2.09. The van der Waals surface area contributed by atoms with E-state index in [2.05, 4.69) is 53.7 Å². The minimum atomic E-state index is 0.585. The fourth-order valence-corrected chi connectivity index (χ4v) is 2.91. The van der Waals surface area contributed by atoms with Crippen molar-refractivity contribution in [1.82, 2.24) is 4.57 Å². The van der Waals surface area contributed by atoms with E-state index in [1.165, 1.54) is 5.56 Å². The van der Waals surface area contributed by atoms with E-state index in [9.17, 15) is 0 Å². The van der Waals surface area contributed by atoms with E-state index in [1.54, 1.807) is 0 Å². The first-order chi connectivity index (χ1) is 12.1. The summed E-state index contributed by atoms with van der Waals surface area (Å²) in [7, 11) is 0. The molecule has 25 heavy (non-hydrogen) atoms. The molecule has 2 nitrogen and oxygen atoms in total. The van der Waals surface area contributed by atoms with Crippen LogP contribution in [0, 0.1) is 6.92 Å². The summed E-state index contributed by atoms with van der Waals surface area (Å²) in [5, 5.41) is 0.773. The molecule has 0 aliphatic carbocycles. The van der Waals surface area contributed by atoms with Gasteiger partial charge in [-0.2, -0.15) is 0 Å². The molecular weight excluding hydrogens is 328 g/mol. The maximum atomic E-state index is 6.26. The molecule has 1 atom stereocenters. The lowest BCUT2D eigenvalue weighted by Gasteiger charge is -2.09. The van der Waals surface area contributed by atoms with Crippen molar-refractivity contribution >= 4 is 23.5 Å². The third kappa shape index (κ3) is 4.02. The molecule has 0 aliphatic heterocycles. The normalized spacial score (nSPS) is 12.6. The van der Waals surface area contributed by atoms with Crippen LogP contribution in [0.5, 0.6) is 0 Å². The highest BCUT2D eigenvalue weighted by molar-refractivity contribution is 6.31. The van der Waals surface area contributed by atoms with Crippen LogP contribution < -0.4 is 0 Å². The van der Waals surface area contributed by atoms with Crippen molar-refractivity contribution in [1.29, 1.82) is 0 Å². The average molecular weight is 351 g/mol. The lowest BCUT2D eigenvalue weighted by atomic mass is 9.99. The maximum absolute atomic E-state index is 6.26. The van der Waals surface area contributed by atoms with Crippen LogP contribution in [0.2, 0.25) is 5.02 Å². The van der Waals surface area contributed by atoms with E-state index in [4.69, 9.17) is 11.6 Å². The van der Waals surface area contributed by atoms with Crippen LogP contribution in [0.3, 0.4) is 0 Å². The molecule has 1 aromatic heterocycles. The Kier molecular flexibility index (Phi) is 5.40. The smallest absolute Gasteiger partial charge is 0.0639 e. The van der Waals surface area contributed by atoms with E-state index in [0.29, 0.717) is 5.92 Å². The second-order valence-electron chi connectivity index (χ2n) is 6.40. The lowest BCUT2D eigenvalue weighted by molar-refractivity contribution is 0.734. The largest absolute Gasteiger partial charge is 0.316 e. The molecule has 0 spiro atoms. The zero-order valence-electron chi connectivity index (χ0n) is 14.9. The molecule has 128 valence electrons. The highest BCUT2D eigenvalue weighted by Crippen LogP contribution is 2.23. The summed E-state index contributed by atoms with van der Waals surface area (Å²) in [6.07, 6.45) is 5.07. The second kappa shape index (κ2) is 7.71. The van der Waals surface area contributed by atoms with E-state index in [1.807, 2.05) is 43.6 Å². The number of aryl methyl sites for hydroxylation is 1. The molecule has 0 radical (unpaired) electrons. The number of hydrogen-bond donors (Lipinski definition) is 0. The van der Waals surface area contributed by atoms with E-state index in [-0.39, 0.29) is 0 Å². The van der Waals surface area contributed by atoms with Gasteiger partial charge in [0.15, 0.2) is 0 Å². The summed E-state index contributed by atoms with van der Waals surface area (Å²) in [6, 6.07) is 18.6. The molecule has 0 N–H and O–H groups in total. The Morgan fingerprint density at radius 3 is 2.56 bits per heavy atom. The van der Waals surface area contributed by atoms with Gasteiger partial charge in [0.05, 0.1) is 17.6 Å². The van der Waals surface area contributed by atoms with Gasteiger partial charge in [-0.15, -0.1) is 0 Å². The Balaban J connectivity index is 1.83. The number of nitrogens with zero attached hydrogens (tertiary/aromatic N) is 2. The minimum Gasteiger partial charge on any atom is -0.316 e. The zero-order valence-corrected chi connectivity index (χ0v) is 15.7. The molecule has 0 unspecified atom stereocenters. The zero-order chi connectivity index (χ0) is 17.8. The first-order valence-electron chi connectivity index (χ1n) is 8.66. The summed E-state index contributed by atoms with van der Waals surface area (Å²) >= 11 is 6.26. The van der Waals surface area contributed by atoms with Gasteiger partial charge in [0.1, 0.15) is 0 Å². The van der Waals surface area contributed by atoms with E-state index >= 15 is 0 Å². The first-order valence-corrected chi connectivity index (χ1v) is 9.04. The number of aromatic nitrogens is 1. The Labute approximate surface area is 154 Å². The molecule has 0 amide bonds. The quantitative estimate of drug-likeness (QED) is 0.455. The Bertz CT molecular complexity index is 875. The van der Waals surface area contributed by atoms with Crippen LogP contribution in [0.15, 0.2) is 65.8 Å². The lowest BCUT2D eigenvalue weighted by Crippen LogP contribution is -1.98. The van der Waals surface area contributed by atoms with Crippen LogP contribution in [0.25, 0.3) is 5.69 Å². The number of hydrogen-bond acceptors (Lipinski definition) is 1. The van der Waals surface area contributed by atoms with Crippen LogP contribution in [-0.4, -0.2) is 10.8 Å². The maximum Gasteiger partial charge on any atom is 0.0639 e. The van der Waals surface area contributed by atoms with Crippen LogP contribution in [-0.2, 0) is 0 Å². The van der Waals surface area contributed by atoms with Gasteiger partial charge in [0.25, 0.3) is 0 Å². The summed E-state index contributed by atoms with van der Waals surface area (Å²) in [6.45, 7) is 6.47. The predicted molar refractivity (Wildman–Crippen MR) is 108 cm³/mol. The molecular formula is C22H23ClN2. The van der Waals surface area contributed by atoms with E-state index < -0.39 is 0 Å². The van der Waals surface area contributed by atoms with Crippen molar-refractivity contribution in [2.75, 3.05) is 0 Å². The minimum absolute atomic E-state index is 0.585. The number of rotatable bonds is 5. The molecule has 3 heteroatoms. The monoisotopic (exact) mass is 350 g/mol. The Hall–Kier alpha value is -2.32. The average Bonchev–Trinajstić information content (AvgIpc) is 3.10. The van der Waals surface area contributed by atoms with Gasteiger partial charge in [-0.3, -0.25) is 4.99 Å². The highest BCUT2D eigenvalue weighted by Gasteiger charge is 2.04. The third-order valence-corrected chi connectivity index (χ3v) is 5.04. The number of halogens is 1. The summed E-state index contributed by atoms with van der Waals surface area (Å²) in [4.78, 5) is 4.62. The van der Waals surface area contributed by atoms with Gasteiger partial charge in [-0.05, 0) is 66.8 Å². The van der Waals surface area contributed by atoms with Gasteiger partial charge < -0.3 is 4.57 Å². The molecule has 0 bridgehead atoms. The van der Waals surface area contributed by atoms with Crippen molar-refractivity contribution in [3.8, 4) is 5.69 Å². The summed E-state index contributed by atoms with van der Waals surface area (Å²) in [5.41, 5.74) is 5.45. The van der Waals surface area contributed by atoms with Crippen molar-refractivity contribution in [3.63, 3.8) is 0 Å². The van der Waals surface area contributed by atoms with Gasteiger partial charge in [-0.1, -0.05) is 43.6 Å². The van der Waals surface area contributed by atoms with Gasteiger partial charge in [0.2, 0.25) is 0 Å². The molecule has 3 rings (SSSR count). The van der Waals surface area contributed by atoms with Crippen LogP contribution in [0.1, 0.15) is 43.0 Å². The van der Waals surface area contributed by atoms with Crippen molar-refractivity contribution in [2.24, 2.45) is 4.99 Å². The molecule has 2 aromatic carbocycles. The van der Waals surface area contributed by atoms with Crippen LogP contribution in [0.4, 0.5) is 5.69 Å². The van der Waals surface area contributed by atoms with Gasteiger partial charge in [-0.25, -0.2) is 0 Å². The Morgan fingerprint density at radius 1 is 1.12 bits per heavy atom. The fraction of sp³-hybridized carbons (Fsp3) is 0.227. The fourth-order valence-electron chi connectivity index (χ4n) is 2.73. The molecule has 0 fully saturated rings. The topological polar surface area (TPSA) is 17.3 Å². The van der Waals surface area contributed by atoms with Crippen molar-refractivity contribution in [3.05, 3.63) is 82.6 Å². The molecule has 3 aromatic rings. The van der Waals surface area contributed by atoms with Gasteiger partial charge in [0, 0.05) is 16.9 Å². The number of benzene rings is 2. The Morgan fingerprint density at radius 2 is 1.88 bits per heavy atom. The number of aliphatic imine (C=N–C) groups is 1. The third-order valence-electron chi connectivity index (χ3n) is 4.63. The van der Waals surface area contributed by atoms with Crippen molar-refractivity contribution < 1.29 is 0 Å². The summed E-state index contributed by atoms with van der Waals surface area (Å²) in [5.74, 6) is 0.585. The van der Waals surface area contributed by atoms with Crippen LogP contribution >= 0.6 is 11.6 Å². The molecule has 1 heterocycles. The van der Waals surface area contributed by atoms with Gasteiger partial charge >= 0.3 is 0 Å². The highest BCUT2D eigenvalue weighted by atomic mass is 35.5. The SMILES string of the molecule is CC[C@@H](C)c1ccc(N=Cc2cccn2-c2ccc(C)c(Cl)c2)cc1.